The van der Waals surface area contributed by atoms with Gasteiger partial charge in [0, 0.05) is 16.9 Å². The van der Waals surface area contributed by atoms with Crippen LogP contribution in [0.1, 0.15) is 36.2 Å². The van der Waals surface area contributed by atoms with Gasteiger partial charge in [0.15, 0.2) is 0 Å². The minimum atomic E-state index is -0.821. The highest BCUT2D eigenvalue weighted by Crippen LogP contribution is 2.31. The number of aromatic nitrogens is 1. The Kier molecular flexibility index (Phi) is 4.35. The Morgan fingerprint density at radius 3 is 2.61 bits per heavy atom. The first kappa shape index (κ1) is 15.9. The maximum absolute atomic E-state index is 12.7. The van der Waals surface area contributed by atoms with Crippen molar-refractivity contribution in [1.29, 1.82) is 0 Å². The van der Waals surface area contributed by atoms with E-state index >= 15 is 0 Å². The summed E-state index contributed by atoms with van der Waals surface area (Å²) in [4.78, 5) is 29.4. The number of para-hydroxylation sites is 1. The van der Waals surface area contributed by atoms with E-state index in [1.165, 1.54) is 0 Å². The molecule has 6 heteroatoms. The molecule has 2 aromatic rings. The second-order valence-electron chi connectivity index (χ2n) is 5.83. The number of rotatable bonds is 3. The molecule has 2 amide bonds. The number of carbonyl (C=O) groups is 2. The fraction of sp³-hybridized carbons (Fsp3) is 0.353. The van der Waals surface area contributed by atoms with Gasteiger partial charge < -0.3 is 10.6 Å². The number of halogens is 1. The molecule has 1 heterocycles. The monoisotopic (exact) mass is 375 g/mol. The first-order chi connectivity index (χ1) is 11.1. The van der Waals surface area contributed by atoms with E-state index in [0.29, 0.717) is 23.0 Å². The maximum Gasteiger partial charge on any atom is 0.271 e. The Labute approximate surface area is 143 Å². The average Bonchev–Trinajstić information content (AvgIpc) is 3.03. The third-order valence-electron chi connectivity index (χ3n) is 4.36. The fourth-order valence-electron chi connectivity index (χ4n) is 3.15. The number of likely N-dealkylation sites (N-methyl/N-ethyl adjacent to an activating group) is 1. The summed E-state index contributed by atoms with van der Waals surface area (Å²) in [5.41, 5.74) is 0.235. The molecule has 23 heavy (non-hydrogen) atoms. The Morgan fingerprint density at radius 2 is 1.91 bits per heavy atom. The summed E-state index contributed by atoms with van der Waals surface area (Å²) >= 11 is 3.42. The summed E-state index contributed by atoms with van der Waals surface area (Å²) in [6.45, 7) is 0. The topological polar surface area (TPSA) is 71.1 Å². The molecule has 120 valence electrons. The van der Waals surface area contributed by atoms with Crippen LogP contribution in [0.15, 0.2) is 34.8 Å². The van der Waals surface area contributed by atoms with Crippen LogP contribution in [0.25, 0.3) is 10.9 Å². The van der Waals surface area contributed by atoms with Crippen LogP contribution >= 0.6 is 15.9 Å². The minimum absolute atomic E-state index is 0.139. The van der Waals surface area contributed by atoms with Gasteiger partial charge in [-0.2, -0.15) is 0 Å². The van der Waals surface area contributed by atoms with Crippen molar-refractivity contribution in [2.24, 2.45) is 0 Å². The number of carbonyl (C=O) groups excluding carboxylic acids is 2. The van der Waals surface area contributed by atoms with E-state index in [-0.39, 0.29) is 11.8 Å². The van der Waals surface area contributed by atoms with Crippen LogP contribution in [0, 0.1) is 0 Å². The molecule has 0 radical (unpaired) electrons. The van der Waals surface area contributed by atoms with Gasteiger partial charge in [-0.3, -0.25) is 9.59 Å². The zero-order chi connectivity index (χ0) is 16.4. The van der Waals surface area contributed by atoms with Crippen molar-refractivity contribution < 1.29 is 9.59 Å². The lowest BCUT2D eigenvalue weighted by Gasteiger charge is -2.28. The third-order valence-corrected chi connectivity index (χ3v) is 4.97. The minimum Gasteiger partial charge on any atom is -0.357 e. The summed E-state index contributed by atoms with van der Waals surface area (Å²) in [6.07, 6.45) is 3.17. The van der Waals surface area contributed by atoms with Crippen LogP contribution in [0.2, 0.25) is 0 Å². The molecule has 1 aliphatic rings. The molecule has 1 saturated carbocycles. The van der Waals surface area contributed by atoms with Gasteiger partial charge in [-0.25, -0.2) is 4.98 Å². The van der Waals surface area contributed by atoms with Crippen LogP contribution in [0.5, 0.6) is 0 Å². The fourth-order valence-corrected chi connectivity index (χ4v) is 3.67. The number of nitrogens with one attached hydrogen (secondary N) is 2. The van der Waals surface area contributed by atoms with Crippen LogP contribution < -0.4 is 10.6 Å². The van der Waals surface area contributed by atoms with Crippen molar-refractivity contribution in [2.45, 2.75) is 31.2 Å². The zero-order valence-corrected chi connectivity index (χ0v) is 14.4. The molecular formula is C17H18BrN3O2. The van der Waals surface area contributed by atoms with E-state index in [1.54, 1.807) is 7.05 Å². The Bertz CT molecular complexity index is 770. The predicted octanol–water partition coefficient (Wildman–Crippen LogP) is 2.79. The van der Waals surface area contributed by atoms with E-state index in [0.717, 1.165) is 23.7 Å². The lowest BCUT2D eigenvalue weighted by molar-refractivity contribution is -0.126. The number of nitrogens with zero attached hydrogens (tertiary/aromatic N) is 1. The van der Waals surface area contributed by atoms with Gasteiger partial charge in [0.25, 0.3) is 5.91 Å². The van der Waals surface area contributed by atoms with E-state index in [1.807, 2.05) is 30.3 Å². The molecule has 2 N–H and O–H groups in total. The highest BCUT2D eigenvalue weighted by molar-refractivity contribution is 9.10. The van der Waals surface area contributed by atoms with Crippen LogP contribution in [0.3, 0.4) is 0 Å². The zero-order valence-electron chi connectivity index (χ0n) is 12.9. The van der Waals surface area contributed by atoms with Gasteiger partial charge in [-0.15, -0.1) is 0 Å². The number of hydrogen-bond acceptors (Lipinski definition) is 3. The van der Waals surface area contributed by atoms with Crippen molar-refractivity contribution in [3.63, 3.8) is 0 Å². The first-order valence-electron chi connectivity index (χ1n) is 7.66. The summed E-state index contributed by atoms with van der Waals surface area (Å²) in [5.74, 6) is -0.464. The molecule has 0 saturated heterocycles. The normalized spacial score (nSPS) is 16.3. The molecule has 1 fully saturated rings. The smallest absolute Gasteiger partial charge is 0.271 e. The molecular weight excluding hydrogens is 358 g/mol. The summed E-state index contributed by atoms with van der Waals surface area (Å²) in [6, 6.07) is 9.49. The van der Waals surface area contributed by atoms with Crippen molar-refractivity contribution in [3.05, 3.63) is 40.5 Å². The highest BCUT2D eigenvalue weighted by Gasteiger charge is 2.42. The third kappa shape index (κ3) is 2.95. The number of fused-ring (bicyclic) bond motifs is 1. The average molecular weight is 376 g/mol. The van der Waals surface area contributed by atoms with E-state index in [9.17, 15) is 9.59 Å². The largest absolute Gasteiger partial charge is 0.357 e. The molecule has 0 unspecified atom stereocenters. The number of benzene rings is 1. The summed E-state index contributed by atoms with van der Waals surface area (Å²) in [5, 5.41) is 6.54. The van der Waals surface area contributed by atoms with Crippen LogP contribution in [0.4, 0.5) is 0 Å². The van der Waals surface area contributed by atoms with E-state index < -0.39 is 5.54 Å². The lowest BCUT2D eigenvalue weighted by atomic mass is 9.96. The molecule has 0 atom stereocenters. The van der Waals surface area contributed by atoms with Crippen molar-refractivity contribution in [2.75, 3.05) is 7.05 Å². The number of amides is 2. The van der Waals surface area contributed by atoms with Crippen LogP contribution in [-0.2, 0) is 4.79 Å². The van der Waals surface area contributed by atoms with E-state index in [4.69, 9.17) is 0 Å². The quantitative estimate of drug-likeness (QED) is 0.866. The lowest BCUT2D eigenvalue weighted by Crippen LogP contribution is -2.56. The Morgan fingerprint density at radius 1 is 1.22 bits per heavy atom. The Hall–Kier alpha value is -1.95. The second-order valence-corrected chi connectivity index (χ2v) is 6.69. The molecule has 1 aromatic carbocycles. The van der Waals surface area contributed by atoms with Crippen molar-refractivity contribution in [3.8, 4) is 0 Å². The number of pyridine rings is 1. The summed E-state index contributed by atoms with van der Waals surface area (Å²) in [7, 11) is 1.60. The van der Waals surface area contributed by atoms with Crippen molar-refractivity contribution >= 4 is 38.6 Å². The SMILES string of the molecule is CNC(=O)C1(NC(=O)c2nc3ccccc3cc2Br)CCCC1. The summed E-state index contributed by atoms with van der Waals surface area (Å²) < 4.78 is 0.624. The van der Waals surface area contributed by atoms with Gasteiger partial charge in [-0.1, -0.05) is 31.0 Å². The van der Waals surface area contributed by atoms with Crippen LogP contribution in [-0.4, -0.2) is 29.4 Å². The first-order valence-corrected chi connectivity index (χ1v) is 8.45. The molecule has 0 aliphatic heterocycles. The van der Waals surface area contributed by atoms with Gasteiger partial charge >= 0.3 is 0 Å². The standard InChI is InChI=1S/C17H18BrN3O2/c1-19-16(23)17(8-4-5-9-17)21-15(22)14-12(18)10-11-6-2-3-7-13(11)20-14/h2-3,6-7,10H,4-5,8-9H2,1H3,(H,19,23)(H,21,22). The molecule has 5 nitrogen and oxygen atoms in total. The maximum atomic E-state index is 12.7. The molecule has 0 bridgehead atoms. The van der Waals surface area contributed by atoms with Crippen molar-refractivity contribution in [1.82, 2.24) is 15.6 Å². The molecule has 3 rings (SSSR count). The van der Waals surface area contributed by atoms with E-state index in [2.05, 4.69) is 31.5 Å². The van der Waals surface area contributed by atoms with Gasteiger partial charge in [0.1, 0.15) is 11.2 Å². The molecule has 1 aliphatic carbocycles. The molecule has 0 spiro atoms. The second kappa shape index (κ2) is 6.28. The predicted molar refractivity (Wildman–Crippen MR) is 92.2 cm³/mol. The van der Waals surface area contributed by atoms with Gasteiger partial charge in [-0.05, 0) is 40.9 Å². The highest BCUT2D eigenvalue weighted by atomic mass is 79.9. The number of hydrogen-bond donors (Lipinski definition) is 2. The van der Waals surface area contributed by atoms with Gasteiger partial charge in [0.05, 0.1) is 5.52 Å². The van der Waals surface area contributed by atoms with Gasteiger partial charge in [0.2, 0.25) is 5.91 Å². The Balaban J connectivity index is 1.93. The molecule has 1 aromatic heterocycles.